The van der Waals surface area contributed by atoms with Gasteiger partial charge in [-0.2, -0.15) is 0 Å². The zero-order chi connectivity index (χ0) is 20.9. The average molecular weight is 401 g/mol. The van der Waals surface area contributed by atoms with Gasteiger partial charge < -0.3 is 25.3 Å². The summed E-state index contributed by atoms with van der Waals surface area (Å²) < 4.78 is 5.76. The van der Waals surface area contributed by atoms with Crippen LogP contribution in [0.4, 0.5) is 16.2 Å². The fraction of sp³-hybridized carbons (Fsp3) is 0.130. The van der Waals surface area contributed by atoms with Gasteiger partial charge in [-0.05, 0) is 68.7 Å². The number of carbonyl (C=O) groups is 1. The summed E-state index contributed by atoms with van der Waals surface area (Å²) in [4.78, 5) is 22.2. The van der Waals surface area contributed by atoms with Gasteiger partial charge in [-0.1, -0.05) is 18.2 Å². The number of amides is 2. The number of H-pyrrole nitrogens is 1. The predicted octanol–water partition coefficient (Wildman–Crippen LogP) is 5.06. The van der Waals surface area contributed by atoms with Crippen LogP contribution in [-0.4, -0.2) is 35.0 Å². The van der Waals surface area contributed by atoms with Gasteiger partial charge in [0.15, 0.2) is 0 Å². The van der Waals surface area contributed by atoms with Gasteiger partial charge in [0.05, 0.1) is 17.6 Å². The number of fused-ring (bicyclic) bond motifs is 1. The molecule has 0 unspecified atom stereocenters. The Morgan fingerprint density at radius 3 is 2.33 bits per heavy atom. The molecule has 0 spiro atoms. The number of para-hydroxylation sites is 1. The van der Waals surface area contributed by atoms with Crippen molar-refractivity contribution in [3.05, 3.63) is 78.6 Å². The first kappa shape index (κ1) is 19.5. The first-order chi connectivity index (χ1) is 14.5. The van der Waals surface area contributed by atoms with Crippen LogP contribution in [0.1, 0.15) is 5.82 Å². The minimum Gasteiger partial charge on any atom is -0.457 e. The van der Waals surface area contributed by atoms with Crippen LogP contribution in [0.5, 0.6) is 11.5 Å². The van der Waals surface area contributed by atoms with Crippen molar-refractivity contribution >= 4 is 28.4 Å². The van der Waals surface area contributed by atoms with Crippen LogP contribution in [0, 0.1) is 0 Å². The van der Waals surface area contributed by atoms with E-state index in [0.717, 1.165) is 29.2 Å². The predicted molar refractivity (Wildman–Crippen MR) is 119 cm³/mol. The number of nitrogens with one attached hydrogen (secondary N) is 3. The highest BCUT2D eigenvalue weighted by Crippen LogP contribution is 2.23. The zero-order valence-electron chi connectivity index (χ0n) is 16.8. The Kier molecular flexibility index (Phi) is 5.63. The third kappa shape index (κ3) is 4.95. The molecule has 0 atom stereocenters. The van der Waals surface area contributed by atoms with Crippen molar-refractivity contribution in [3.63, 3.8) is 0 Å². The summed E-state index contributed by atoms with van der Waals surface area (Å²) in [7, 11) is 3.98. The smallest absolute Gasteiger partial charge is 0.323 e. The molecule has 0 fully saturated rings. The molecular weight excluding hydrogens is 378 g/mol. The zero-order valence-corrected chi connectivity index (χ0v) is 16.8. The molecule has 152 valence electrons. The molecule has 0 aliphatic rings. The summed E-state index contributed by atoms with van der Waals surface area (Å²) >= 11 is 0. The Hall–Kier alpha value is -3.84. The number of anilines is 2. The standard InChI is InChI=1S/C23H23N5O2/c1-28(2)15-22-26-20-13-10-17(14-21(20)27-22)25-23(29)24-16-8-11-19(12-9-16)30-18-6-4-3-5-7-18/h3-14H,15H2,1-2H3,(H,26,27)(H2,24,25,29). The maximum atomic E-state index is 12.4. The Balaban J connectivity index is 1.37. The number of rotatable bonds is 6. The lowest BCUT2D eigenvalue weighted by Crippen LogP contribution is -2.19. The van der Waals surface area contributed by atoms with Gasteiger partial charge in [0, 0.05) is 11.4 Å². The molecule has 0 bridgehead atoms. The molecule has 1 aromatic heterocycles. The van der Waals surface area contributed by atoms with Gasteiger partial charge in [0.25, 0.3) is 0 Å². The lowest BCUT2D eigenvalue weighted by Gasteiger charge is -2.09. The molecule has 4 rings (SSSR count). The first-order valence-corrected chi connectivity index (χ1v) is 9.59. The Morgan fingerprint density at radius 2 is 1.60 bits per heavy atom. The van der Waals surface area contributed by atoms with Crippen LogP contribution in [-0.2, 0) is 6.54 Å². The van der Waals surface area contributed by atoms with Crippen LogP contribution in [0.2, 0.25) is 0 Å². The topological polar surface area (TPSA) is 82.3 Å². The highest BCUT2D eigenvalue weighted by atomic mass is 16.5. The van der Waals surface area contributed by atoms with Crippen molar-refractivity contribution in [2.75, 3.05) is 24.7 Å². The lowest BCUT2D eigenvalue weighted by molar-refractivity contribution is 0.262. The largest absolute Gasteiger partial charge is 0.457 e. The summed E-state index contributed by atoms with van der Waals surface area (Å²) in [5.41, 5.74) is 3.10. The number of benzene rings is 3. The summed E-state index contributed by atoms with van der Waals surface area (Å²) in [6, 6.07) is 22.0. The van der Waals surface area contributed by atoms with Crippen molar-refractivity contribution in [2.24, 2.45) is 0 Å². The maximum absolute atomic E-state index is 12.4. The SMILES string of the molecule is CN(C)Cc1nc2ccc(NC(=O)Nc3ccc(Oc4ccccc4)cc3)cc2[nH]1. The Labute approximate surface area is 174 Å². The fourth-order valence-corrected chi connectivity index (χ4v) is 3.04. The number of aromatic nitrogens is 2. The van der Waals surface area contributed by atoms with Gasteiger partial charge >= 0.3 is 6.03 Å². The number of urea groups is 1. The molecule has 0 saturated carbocycles. The van der Waals surface area contributed by atoms with Crippen LogP contribution in [0.15, 0.2) is 72.8 Å². The minimum absolute atomic E-state index is 0.320. The Bertz CT molecular complexity index is 1140. The van der Waals surface area contributed by atoms with E-state index in [4.69, 9.17) is 4.74 Å². The van der Waals surface area contributed by atoms with E-state index in [2.05, 4.69) is 20.6 Å². The molecule has 7 heteroatoms. The van der Waals surface area contributed by atoms with Crippen molar-refractivity contribution in [1.82, 2.24) is 14.9 Å². The summed E-state index contributed by atoms with van der Waals surface area (Å²) in [6.45, 7) is 0.724. The molecule has 0 aliphatic carbocycles. The van der Waals surface area contributed by atoms with E-state index in [9.17, 15) is 4.79 Å². The second-order valence-corrected chi connectivity index (χ2v) is 7.17. The molecule has 3 aromatic carbocycles. The third-order valence-electron chi connectivity index (χ3n) is 4.35. The lowest BCUT2D eigenvalue weighted by atomic mass is 10.3. The maximum Gasteiger partial charge on any atom is 0.323 e. The molecule has 2 amide bonds. The average Bonchev–Trinajstić information content (AvgIpc) is 3.11. The van der Waals surface area contributed by atoms with Crippen LogP contribution in [0.3, 0.4) is 0 Å². The van der Waals surface area contributed by atoms with E-state index in [1.54, 1.807) is 12.1 Å². The molecule has 0 aliphatic heterocycles. The number of imidazole rings is 1. The normalized spacial score (nSPS) is 10.9. The number of aromatic amines is 1. The monoisotopic (exact) mass is 401 g/mol. The van der Waals surface area contributed by atoms with Crippen LogP contribution in [0.25, 0.3) is 11.0 Å². The molecule has 4 aromatic rings. The summed E-state index contributed by atoms with van der Waals surface area (Å²) in [6.07, 6.45) is 0. The molecule has 1 heterocycles. The van der Waals surface area contributed by atoms with Gasteiger partial charge in [-0.15, -0.1) is 0 Å². The van der Waals surface area contributed by atoms with Crippen molar-refractivity contribution < 1.29 is 9.53 Å². The molecule has 3 N–H and O–H groups in total. The van der Waals surface area contributed by atoms with E-state index < -0.39 is 0 Å². The number of carbonyl (C=O) groups excluding carboxylic acids is 1. The van der Waals surface area contributed by atoms with Crippen molar-refractivity contribution in [1.29, 1.82) is 0 Å². The number of nitrogens with zero attached hydrogens (tertiary/aromatic N) is 2. The van der Waals surface area contributed by atoms with Crippen molar-refractivity contribution in [2.45, 2.75) is 6.54 Å². The molecular formula is C23H23N5O2. The highest BCUT2D eigenvalue weighted by Gasteiger charge is 2.07. The molecule has 0 saturated heterocycles. The first-order valence-electron chi connectivity index (χ1n) is 9.59. The highest BCUT2D eigenvalue weighted by molar-refractivity contribution is 6.00. The van der Waals surface area contributed by atoms with Gasteiger partial charge in [-0.3, -0.25) is 0 Å². The van der Waals surface area contributed by atoms with E-state index >= 15 is 0 Å². The van der Waals surface area contributed by atoms with E-state index in [-0.39, 0.29) is 6.03 Å². The Morgan fingerprint density at radius 1 is 0.933 bits per heavy atom. The van der Waals surface area contributed by atoms with Gasteiger partial charge in [-0.25, -0.2) is 9.78 Å². The number of ether oxygens (including phenoxy) is 1. The summed E-state index contributed by atoms with van der Waals surface area (Å²) in [5.74, 6) is 2.35. The molecule has 30 heavy (non-hydrogen) atoms. The fourth-order valence-electron chi connectivity index (χ4n) is 3.04. The van der Waals surface area contributed by atoms with E-state index in [1.165, 1.54) is 0 Å². The van der Waals surface area contributed by atoms with E-state index in [1.807, 2.05) is 79.7 Å². The second-order valence-electron chi connectivity index (χ2n) is 7.17. The van der Waals surface area contributed by atoms with E-state index in [0.29, 0.717) is 17.1 Å². The third-order valence-corrected chi connectivity index (χ3v) is 4.35. The van der Waals surface area contributed by atoms with Crippen LogP contribution >= 0.6 is 0 Å². The van der Waals surface area contributed by atoms with Crippen LogP contribution < -0.4 is 15.4 Å². The molecule has 7 nitrogen and oxygen atoms in total. The van der Waals surface area contributed by atoms with Gasteiger partial charge in [0.2, 0.25) is 0 Å². The number of hydrogen-bond donors (Lipinski definition) is 3. The molecule has 0 radical (unpaired) electrons. The quantitative estimate of drug-likeness (QED) is 0.422. The minimum atomic E-state index is -0.320. The van der Waals surface area contributed by atoms with Gasteiger partial charge in [0.1, 0.15) is 17.3 Å². The summed E-state index contributed by atoms with van der Waals surface area (Å²) in [5, 5.41) is 5.67. The van der Waals surface area contributed by atoms with Crippen molar-refractivity contribution in [3.8, 4) is 11.5 Å². The number of hydrogen-bond acceptors (Lipinski definition) is 4. The second kappa shape index (κ2) is 8.67.